The molecular weight excluding hydrogens is 319 g/mol. The Balaban J connectivity index is 1.47. The number of carbonyl (C=O) groups excluding carboxylic acids is 1. The molecule has 1 aromatic carbocycles. The first-order valence-electron chi connectivity index (χ1n) is 9.45. The lowest BCUT2D eigenvalue weighted by atomic mass is 9.84. The fraction of sp³-hybridized carbons (Fsp3) is 0.650. The monoisotopic (exact) mass is 348 g/mol. The van der Waals surface area contributed by atoms with Crippen molar-refractivity contribution in [3.8, 4) is 0 Å². The van der Waals surface area contributed by atoms with Crippen molar-refractivity contribution >= 4 is 5.91 Å². The van der Waals surface area contributed by atoms with Crippen LogP contribution in [0, 0.1) is 11.7 Å². The number of halogens is 1. The maximum absolute atomic E-state index is 14.0. The molecule has 5 heteroatoms. The summed E-state index contributed by atoms with van der Waals surface area (Å²) in [5, 5.41) is 13.9. The zero-order valence-corrected chi connectivity index (χ0v) is 15.0. The van der Waals surface area contributed by atoms with E-state index in [0.29, 0.717) is 44.1 Å². The van der Waals surface area contributed by atoms with E-state index in [1.54, 1.807) is 18.2 Å². The van der Waals surface area contributed by atoms with Crippen LogP contribution in [0.1, 0.15) is 51.0 Å². The zero-order valence-electron chi connectivity index (χ0n) is 15.0. The Morgan fingerprint density at radius 2 is 1.88 bits per heavy atom. The Morgan fingerprint density at radius 3 is 2.52 bits per heavy atom. The van der Waals surface area contributed by atoms with Gasteiger partial charge in [-0.3, -0.25) is 9.69 Å². The molecule has 0 radical (unpaired) electrons. The van der Waals surface area contributed by atoms with Gasteiger partial charge < -0.3 is 10.4 Å². The normalized spacial score (nSPS) is 27.0. The van der Waals surface area contributed by atoms with E-state index in [1.807, 2.05) is 0 Å². The van der Waals surface area contributed by atoms with Gasteiger partial charge in [-0.05, 0) is 50.5 Å². The van der Waals surface area contributed by atoms with E-state index in [-0.39, 0.29) is 11.7 Å². The van der Waals surface area contributed by atoms with Gasteiger partial charge in [0.15, 0.2) is 0 Å². The van der Waals surface area contributed by atoms with Crippen molar-refractivity contribution in [3.63, 3.8) is 0 Å². The van der Waals surface area contributed by atoms with Crippen LogP contribution in [0.2, 0.25) is 0 Å². The molecule has 0 unspecified atom stereocenters. The molecule has 3 rings (SSSR count). The molecule has 1 heterocycles. The molecule has 138 valence electrons. The van der Waals surface area contributed by atoms with Gasteiger partial charge in [0.2, 0.25) is 5.91 Å². The van der Waals surface area contributed by atoms with Crippen molar-refractivity contribution in [1.82, 2.24) is 10.2 Å². The number of nitrogens with one attached hydrogen (secondary N) is 1. The second-order valence-corrected chi connectivity index (χ2v) is 7.81. The van der Waals surface area contributed by atoms with Gasteiger partial charge in [-0.2, -0.15) is 0 Å². The number of hydrogen-bond donors (Lipinski definition) is 2. The van der Waals surface area contributed by atoms with Crippen LogP contribution in [-0.4, -0.2) is 41.6 Å². The Kier molecular flexibility index (Phi) is 5.74. The lowest BCUT2D eigenvalue weighted by Crippen LogP contribution is -2.48. The molecule has 0 aromatic heterocycles. The SMILES string of the molecule is CC1CCC(NC(=O)CN2CCC(O)(c3ccccc3F)CC2)CC1. The maximum atomic E-state index is 14.0. The van der Waals surface area contributed by atoms with E-state index in [0.717, 1.165) is 18.8 Å². The van der Waals surface area contributed by atoms with E-state index in [4.69, 9.17) is 0 Å². The summed E-state index contributed by atoms with van der Waals surface area (Å²) in [6.07, 6.45) is 5.40. The molecule has 2 aliphatic rings. The van der Waals surface area contributed by atoms with E-state index in [2.05, 4.69) is 17.1 Å². The second kappa shape index (κ2) is 7.83. The highest BCUT2D eigenvalue weighted by Gasteiger charge is 2.36. The van der Waals surface area contributed by atoms with Crippen LogP contribution in [-0.2, 0) is 10.4 Å². The van der Waals surface area contributed by atoms with Crippen molar-refractivity contribution in [3.05, 3.63) is 35.6 Å². The summed E-state index contributed by atoms with van der Waals surface area (Å²) in [6.45, 7) is 3.82. The molecule has 2 N–H and O–H groups in total. The van der Waals surface area contributed by atoms with Crippen molar-refractivity contribution in [2.24, 2.45) is 5.92 Å². The highest BCUT2D eigenvalue weighted by atomic mass is 19.1. The molecule has 4 nitrogen and oxygen atoms in total. The molecule has 1 amide bonds. The number of nitrogens with zero attached hydrogens (tertiary/aromatic N) is 1. The first kappa shape index (κ1) is 18.3. The Morgan fingerprint density at radius 1 is 1.24 bits per heavy atom. The largest absolute Gasteiger partial charge is 0.385 e. The molecule has 0 bridgehead atoms. The fourth-order valence-electron chi connectivity index (χ4n) is 4.07. The predicted molar refractivity (Wildman–Crippen MR) is 95.5 cm³/mol. The van der Waals surface area contributed by atoms with Crippen LogP contribution in [0.3, 0.4) is 0 Å². The van der Waals surface area contributed by atoms with Crippen LogP contribution < -0.4 is 5.32 Å². The van der Waals surface area contributed by atoms with Crippen molar-refractivity contribution < 1.29 is 14.3 Å². The molecular formula is C20H29FN2O2. The lowest BCUT2D eigenvalue weighted by molar-refractivity contribution is -0.124. The van der Waals surface area contributed by atoms with Crippen molar-refractivity contribution in [2.45, 2.75) is 57.1 Å². The molecule has 1 aromatic rings. The van der Waals surface area contributed by atoms with Crippen LogP contribution in [0.5, 0.6) is 0 Å². The minimum Gasteiger partial charge on any atom is -0.385 e. The zero-order chi connectivity index (χ0) is 17.9. The van der Waals surface area contributed by atoms with Crippen molar-refractivity contribution in [1.29, 1.82) is 0 Å². The molecule has 25 heavy (non-hydrogen) atoms. The Bertz CT molecular complexity index is 591. The smallest absolute Gasteiger partial charge is 0.234 e. The number of rotatable bonds is 4. The molecule has 1 saturated carbocycles. The molecule has 0 atom stereocenters. The molecule has 0 spiro atoms. The van der Waals surface area contributed by atoms with E-state index in [1.165, 1.54) is 18.9 Å². The summed E-state index contributed by atoms with van der Waals surface area (Å²) < 4.78 is 14.0. The topological polar surface area (TPSA) is 52.6 Å². The number of hydrogen-bond acceptors (Lipinski definition) is 3. The Labute approximate surface area is 149 Å². The standard InChI is InChI=1S/C20H29FN2O2/c1-15-6-8-16(9-7-15)22-19(24)14-23-12-10-20(25,11-13-23)17-4-2-3-5-18(17)21/h2-5,15-16,25H,6-14H2,1H3,(H,22,24). The number of piperidine rings is 1. The highest BCUT2D eigenvalue weighted by molar-refractivity contribution is 5.78. The minimum atomic E-state index is -1.13. The first-order chi connectivity index (χ1) is 12.0. The number of amides is 1. The van der Waals surface area contributed by atoms with Crippen LogP contribution in [0.15, 0.2) is 24.3 Å². The van der Waals surface area contributed by atoms with E-state index < -0.39 is 5.60 Å². The summed E-state index contributed by atoms with van der Waals surface area (Å²) in [7, 11) is 0. The number of benzene rings is 1. The Hall–Kier alpha value is -1.46. The van der Waals surface area contributed by atoms with Gasteiger partial charge >= 0.3 is 0 Å². The third-order valence-electron chi connectivity index (χ3n) is 5.81. The summed E-state index contributed by atoms with van der Waals surface area (Å²) in [5.74, 6) is 0.477. The average Bonchev–Trinajstić information content (AvgIpc) is 2.59. The van der Waals surface area contributed by atoms with E-state index in [9.17, 15) is 14.3 Å². The van der Waals surface area contributed by atoms with Crippen molar-refractivity contribution in [2.75, 3.05) is 19.6 Å². The minimum absolute atomic E-state index is 0.0656. The van der Waals surface area contributed by atoms with Gasteiger partial charge in [0.05, 0.1) is 12.1 Å². The van der Waals surface area contributed by atoms with E-state index >= 15 is 0 Å². The molecule has 1 aliphatic heterocycles. The molecule has 2 fully saturated rings. The van der Waals surface area contributed by atoms with Gasteiger partial charge in [0.1, 0.15) is 5.82 Å². The second-order valence-electron chi connectivity index (χ2n) is 7.81. The average molecular weight is 348 g/mol. The third kappa shape index (κ3) is 4.59. The molecule has 1 saturated heterocycles. The number of carbonyl (C=O) groups is 1. The lowest BCUT2D eigenvalue weighted by Gasteiger charge is -2.38. The molecule has 1 aliphatic carbocycles. The number of aliphatic hydroxyl groups is 1. The maximum Gasteiger partial charge on any atom is 0.234 e. The van der Waals surface area contributed by atoms with Gasteiger partial charge in [-0.25, -0.2) is 4.39 Å². The summed E-state index contributed by atoms with van der Waals surface area (Å²) in [6, 6.07) is 6.73. The third-order valence-corrected chi connectivity index (χ3v) is 5.81. The van der Waals surface area contributed by atoms with Gasteiger partial charge in [-0.1, -0.05) is 25.1 Å². The van der Waals surface area contributed by atoms with Gasteiger partial charge in [-0.15, -0.1) is 0 Å². The van der Waals surface area contributed by atoms with Crippen LogP contribution in [0.4, 0.5) is 4.39 Å². The predicted octanol–water partition coefficient (Wildman–Crippen LogP) is 2.80. The quantitative estimate of drug-likeness (QED) is 0.880. The van der Waals surface area contributed by atoms with Crippen LogP contribution in [0.25, 0.3) is 0 Å². The summed E-state index contributed by atoms with van der Waals surface area (Å²) >= 11 is 0. The first-order valence-corrected chi connectivity index (χ1v) is 9.45. The number of likely N-dealkylation sites (tertiary alicyclic amines) is 1. The fourth-order valence-corrected chi connectivity index (χ4v) is 4.07. The highest BCUT2D eigenvalue weighted by Crippen LogP contribution is 2.34. The van der Waals surface area contributed by atoms with Gasteiger partial charge in [0.25, 0.3) is 0 Å². The van der Waals surface area contributed by atoms with Crippen LogP contribution >= 0.6 is 0 Å². The summed E-state index contributed by atoms with van der Waals surface area (Å²) in [4.78, 5) is 14.3. The summed E-state index contributed by atoms with van der Waals surface area (Å²) in [5.41, 5.74) is -0.756. The van der Waals surface area contributed by atoms with Gasteiger partial charge in [0, 0.05) is 24.7 Å².